The van der Waals surface area contributed by atoms with Gasteiger partial charge in [0, 0.05) is 6.42 Å². The van der Waals surface area contributed by atoms with Crippen LogP contribution in [0.1, 0.15) is 39.8 Å². The van der Waals surface area contributed by atoms with Crippen molar-refractivity contribution in [3.63, 3.8) is 0 Å². The van der Waals surface area contributed by atoms with Crippen molar-refractivity contribution in [2.45, 2.75) is 19.4 Å². The standard InChI is InChI=1S/C21H20N4O6/c1-12-19(20(22)31-24-12)21(27)30-11-18(26)25-16(17-4-3-9-29-17)10-15(23-25)13-5-7-14(28-2)8-6-13/h3-9,16H,10-11,22H2,1-2H3. The molecule has 0 spiro atoms. The van der Waals surface area contributed by atoms with Crippen molar-refractivity contribution < 1.29 is 28.0 Å². The van der Waals surface area contributed by atoms with Crippen LogP contribution in [-0.2, 0) is 9.53 Å². The molecule has 1 aromatic carbocycles. The Bertz CT molecular complexity index is 1100. The van der Waals surface area contributed by atoms with Crippen molar-refractivity contribution >= 4 is 23.5 Å². The summed E-state index contributed by atoms with van der Waals surface area (Å²) in [7, 11) is 1.59. The molecule has 0 radical (unpaired) electrons. The number of benzene rings is 1. The number of nitrogens with two attached hydrogens (primary N) is 1. The number of furan rings is 1. The number of nitrogen functional groups attached to an aromatic ring is 1. The monoisotopic (exact) mass is 424 g/mol. The predicted octanol–water partition coefficient (Wildman–Crippen LogP) is 2.70. The lowest BCUT2D eigenvalue weighted by Crippen LogP contribution is -2.31. The van der Waals surface area contributed by atoms with Crippen LogP contribution in [0.2, 0.25) is 0 Å². The van der Waals surface area contributed by atoms with Crippen LogP contribution < -0.4 is 10.5 Å². The highest BCUT2D eigenvalue weighted by Crippen LogP contribution is 2.33. The number of carbonyl (C=O) groups is 2. The second-order valence-corrected chi connectivity index (χ2v) is 6.83. The van der Waals surface area contributed by atoms with E-state index in [0.717, 1.165) is 5.56 Å². The van der Waals surface area contributed by atoms with Crippen LogP contribution in [0.5, 0.6) is 5.75 Å². The molecule has 0 fully saturated rings. The van der Waals surface area contributed by atoms with Crippen molar-refractivity contribution in [1.82, 2.24) is 10.2 Å². The van der Waals surface area contributed by atoms with Gasteiger partial charge in [-0.05, 0) is 48.9 Å². The average molecular weight is 424 g/mol. The largest absolute Gasteiger partial charge is 0.497 e. The van der Waals surface area contributed by atoms with Crippen LogP contribution in [0, 0.1) is 6.92 Å². The summed E-state index contributed by atoms with van der Waals surface area (Å²) >= 11 is 0. The summed E-state index contributed by atoms with van der Waals surface area (Å²) in [5, 5.41) is 9.36. The second-order valence-electron chi connectivity index (χ2n) is 6.83. The van der Waals surface area contributed by atoms with Crippen molar-refractivity contribution in [2.24, 2.45) is 5.10 Å². The Labute approximate surface area is 177 Å². The number of hydrogen-bond donors (Lipinski definition) is 1. The average Bonchev–Trinajstić information content (AvgIpc) is 3.52. The fourth-order valence-electron chi connectivity index (χ4n) is 3.30. The zero-order valence-electron chi connectivity index (χ0n) is 16.9. The van der Waals surface area contributed by atoms with E-state index in [2.05, 4.69) is 10.3 Å². The van der Waals surface area contributed by atoms with Gasteiger partial charge in [0.15, 0.2) is 6.61 Å². The maximum atomic E-state index is 12.9. The summed E-state index contributed by atoms with van der Waals surface area (Å²) in [5.41, 5.74) is 7.41. The molecule has 31 heavy (non-hydrogen) atoms. The van der Waals surface area contributed by atoms with Crippen LogP contribution in [0.3, 0.4) is 0 Å². The molecule has 10 nitrogen and oxygen atoms in total. The van der Waals surface area contributed by atoms with Crippen LogP contribution in [0.25, 0.3) is 0 Å². The van der Waals surface area contributed by atoms with E-state index in [0.29, 0.717) is 23.6 Å². The van der Waals surface area contributed by atoms with E-state index in [-0.39, 0.29) is 17.1 Å². The fourth-order valence-corrected chi connectivity index (χ4v) is 3.30. The summed E-state index contributed by atoms with van der Waals surface area (Å²) in [6.45, 7) is 1.02. The van der Waals surface area contributed by atoms with Gasteiger partial charge >= 0.3 is 5.97 Å². The maximum Gasteiger partial charge on any atom is 0.346 e. The molecule has 4 rings (SSSR count). The lowest BCUT2D eigenvalue weighted by atomic mass is 10.0. The molecule has 0 saturated carbocycles. The number of carbonyl (C=O) groups excluding carboxylic acids is 2. The van der Waals surface area contributed by atoms with Gasteiger partial charge in [0.2, 0.25) is 5.88 Å². The van der Waals surface area contributed by atoms with Gasteiger partial charge in [-0.1, -0.05) is 5.16 Å². The Morgan fingerprint density at radius 1 is 1.26 bits per heavy atom. The first-order valence-corrected chi connectivity index (χ1v) is 9.44. The topological polar surface area (TPSA) is 133 Å². The Balaban J connectivity index is 1.53. The number of hydrazone groups is 1. The Morgan fingerprint density at radius 2 is 2.03 bits per heavy atom. The Hall–Kier alpha value is -4.08. The zero-order valence-corrected chi connectivity index (χ0v) is 16.9. The first-order chi connectivity index (χ1) is 15.0. The molecule has 0 aliphatic carbocycles. The number of amides is 1. The summed E-state index contributed by atoms with van der Waals surface area (Å²) in [4.78, 5) is 25.2. The summed E-state index contributed by atoms with van der Waals surface area (Å²) in [6, 6.07) is 10.4. The number of ether oxygens (including phenoxy) is 2. The molecule has 2 N–H and O–H groups in total. The number of methoxy groups -OCH3 is 1. The van der Waals surface area contributed by atoms with Gasteiger partial charge in [-0.2, -0.15) is 5.10 Å². The highest BCUT2D eigenvalue weighted by molar-refractivity contribution is 6.03. The molecule has 3 aromatic rings. The van der Waals surface area contributed by atoms with Gasteiger partial charge in [-0.25, -0.2) is 9.80 Å². The molecule has 160 valence electrons. The lowest BCUT2D eigenvalue weighted by Gasteiger charge is -2.19. The molecule has 1 aliphatic rings. The van der Waals surface area contributed by atoms with Crippen LogP contribution in [0.4, 0.5) is 5.88 Å². The van der Waals surface area contributed by atoms with E-state index in [4.69, 9.17) is 24.1 Å². The van der Waals surface area contributed by atoms with Crippen molar-refractivity contribution in [3.05, 3.63) is 65.2 Å². The first kappa shape index (κ1) is 20.2. The molecule has 3 heterocycles. The molecule has 1 amide bonds. The smallest absolute Gasteiger partial charge is 0.346 e. The molecule has 10 heteroatoms. The van der Waals surface area contributed by atoms with Gasteiger partial charge in [-0.15, -0.1) is 0 Å². The number of hydrogen-bond acceptors (Lipinski definition) is 9. The number of esters is 1. The van der Waals surface area contributed by atoms with Crippen molar-refractivity contribution in [2.75, 3.05) is 19.5 Å². The lowest BCUT2D eigenvalue weighted by molar-refractivity contribution is -0.136. The quantitative estimate of drug-likeness (QED) is 0.597. The molecule has 1 aliphatic heterocycles. The zero-order chi connectivity index (χ0) is 22.0. The van der Waals surface area contributed by atoms with Crippen LogP contribution in [-0.4, -0.2) is 41.5 Å². The SMILES string of the molecule is COc1ccc(C2=NN(C(=O)COC(=O)c3c(C)noc3N)C(c3ccco3)C2)cc1. The van der Waals surface area contributed by atoms with Gasteiger partial charge < -0.3 is 24.1 Å². The molecule has 2 aromatic heterocycles. The molecular weight excluding hydrogens is 404 g/mol. The predicted molar refractivity (Wildman–Crippen MR) is 108 cm³/mol. The normalized spacial score (nSPS) is 15.6. The minimum Gasteiger partial charge on any atom is -0.497 e. The van der Waals surface area contributed by atoms with E-state index in [9.17, 15) is 9.59 Å². The van der Waals surface area contributed by atoms with Gasteiger partial charge in [0.25, 0.3) is 5.91 Å². The molecule has 1 atom stereocenters. The summed E-state index contributed by atoms with van der Waals surface area (Å²) in [6.07, 6.45) is 1.97. The van der Waals surface area contributed by atoms with Gasteiger partial charge in [0.1, 0.15) is 23.1 Å². The maximum absolute atomic E-state index is 12.9. The fraction of sp³-hybridized carbons (Fsp3) is 0.238. The number of aromatic nitrogens is 1. The van der Waals surface area contributed by atoms with E-state index < -0.39 is 24.5 Å². The summed E-state index contributed by atoms with van der Waals surface area (Å²) < 4.78 is 20.6. The van der Waals surface area contributed by atoms with Crippen LogP contribution in [0.15, 0.2) is 56.7 Å². The molecular formula is C21H20N4O6. The third kappa shape index (κ3) is 4.00. The summed E-state index contributed by atoms with van der Waals surface area (Å²) in [5.74, 6) is -0.174. The third-order valence-electron chi connectivity index (χ3n) is 4.88. The highest BCUT2D eigenvalue weighted by Gasteiger charge is 2.35. The number of nitrogens with zero attached hydrogens (tertiary/aromatic N) is 3. The Kier molecular flexibility index (Phi) is 5.44. The van der Waals surface area contributed by atoms with Crippen molar-refractivity contribution in [1.29, 1.82) is 0 Å². The number of rotatable bonds is 6. The Morgan fingerprint density at radius 3 is 2.65 bits per heavy atom. The second kappa shape index (κ2) is 8.34. The van der Waals surface area contributed by atoms with Gasteiger partial charge in [0.05, 0.1) is 24.8 Å². The first-order valence-electron chi connectivity index (χ1n) is 9.44. The number of anilines is 1. The molecule has 1 unspecified atom stereocenters. The van der Waals surface area contributed by atoms with E-state index in [1.165, 1.54) is 11.3 Å². The minimum absolute atomic E-state index is 0.000713. The van der Waals surface area contributed by atoms with E-state index in [1.54, 1.807) is 26.2 Å². The minimum atomic E-state index is -0.794. The van der Waals surface area contributed by atoms with E-state index >= 15 is 0 Å². The molecule has 0 saturated heterocycles. The van der Waals surface area contributed by atoms with E-state index in [1.807, 2.05) is 24.3 Å². The third-order valence-corrected chi connectivity index (χ3v) is 4.88. The number of aryl methyl sites for hydroxylation is 1. The highest BCUT2D eigenvalue weighted by atomic mass is 16.5. The molecule has 0 bridgehead atoms. The van der Waals surface area contributed by atoms with Crippen LogP contribution >= 0.6 is 0 Å². The van der Waals surface area contributed by atoms with Gasteiger partial charge in [-0.3, -0.25) is 4.79 Å². The van der Waals surface area contributed by atoms with Crippen molar-refractivity contribution in [3.8, 4) is 5.75 Å².